The average molecular weight is 299 g/mol. The molecule has 3 rings (SSSR count). The van der Waals surface area contributed by atoms with Gasteiger partial charge in [0, 0.05) is 17.6 Å². The summed E-state index contributed by atoms with van der Waals surface area (Å²) in [6, 6.07) is 4.88. The Bertz CT molecular complexity index is 721. The molecule has 0 aliphatic carbocycles. The van der Waals surface area contributed by atoms with Crippen LogP contribution in [0.5, 0.6) is 0 Å². The molecular weight excluding hydrogens is 287 g/mol. The molecule has 0 amide bonds. The normalized spacial score (nSPS) is 16.7. The molecule has 0 unspecified atom stereocenters. The number of para-hydroxylation sites is 1. The summed E-state index contributed by atoms with van der Waals surface area (Å²) in [6.07, 6.45) is -3.49. The van der Waals surface area contributed by atoms with Crippen LogP contribution in [0.2, 0.25) is 0 Å². The number of benzene rings is 1. The first-order valence-corrected chi connectivity index (χ1v) is 6.17. The van der Waals surface area contributed by atoms with Crippen LogP contribution in [0.3, 0.4) is 0 Å². The molecule has 1 aromatic carbocycles. The molecular formula is C12H12F3N5O. The maximum absolute atomic E-state index is 13.2. The molecule has 1 aromatic heterocycles. The minimum absolute atomic E-state index is 0.0474. The van der Waals surface area contributed by atoms with E-state index in [-0.39, 0.29) is 23.6 Å². The van der Waals surface area contributed by atoms with Crippen LogP contribution in [0, 0.1) is 0 Å². The summed E-state index contributed by atoms with van der Waals surface area (Å²) in [6.45, 7) is 0.198. The van der Waals surface area contributed by atoms with Gasteiger partial charge in [0.1, 0.15) is 6.17 Å². The second kappa shape index (κ2) is 5.11. The summed E-state index contributed by atoms with van der Waals surface area (Å²) in [5.41, 5.74) is 9.38. The Hall–Kier alpha value is -1.94. The molecule has 0 bridgehead atoms. The first kappa shape index (κ1) is 14.0. The lowest BCUT2D eigenvalue weighted by molar-refractivity contribution is -0.136. The quantitative estimate of drug-likeness (QED) is 0.649. The summed E-state index contributed by atoms with van der Waals surface area (Å²) < 4.78 is 40.9. The second-order valence-corrected chi connectivity index (χ2v) is 4.62. The maximum atomic E-state index is 13.2. The highest BCUT2D eigenvalue weighted by atomic mass is 19.4. The molecule has 112 valence electrons. The van der Waals surface area contributed by atoms with E-state index in [0.717, 1.165) is 6.07 Å². The molecule has 9 heteroatoms. The van der Waals surface area contributed by atoms with E-state index in [2.05, 4.69) is 21.9 Å². The fraction of sp³-hybridized carbons (Fsp3) is 0.250. The van der Waals surface area contributed by atoms with Gasteiger partial charge in [-0.25, -0.2) is 10.9 Å². The van der Waals surface area contributed by atoms with E-state index in [0.29, 0.717) is 0 Å². The van der Waals surface area contributed by atoms with E-state index in [1.165, 1.54) is 29.0 Å². The lowest BCUT2D eigenvalue weighted by Crippen LogP contribution is -2.38. The lowest BCUT2D eigenvalue weighted by atomic mass is 10.1. The smallest absolute Gasteiger partial charge is 0.344 e. The summed E-state index contributed by atoms with van der Waals surface area (Å²) in [7, 11) is 0. The molecule has 0 saturated carbocycles. The van der Waals surface area contributed by atoms with Crippen molar-refractivity contribution in [2.45, 2.75) is 18.9 Å². The Labute approximate surface area is 116 Å². The van der Waals surface area contributed by atoms with E-state index in [1.807, 2.05) is 0 Å². The third kappa shape index (κ3) is 2.63. The highest BCUT2D eigenvalue weighted by Crippen LogP contribution is 2.33. The van der Waals surface area contributed by atoms with Crippen molar-refractivity contribution in [3.05, 3.63) is 46.2 Å². The van der Waals surface area contributed by atoms with E-state index in [4.69, 9.17) is 0 Å². The lowest BCUT2D eigenvalue weighted by Gasteiger charge is -2.18. The van der Waals surface area contributed by atoms with Crippen LogP contribution >= 0.6 is 0 Å². The van der Waals surface area contributed by atoms with Gasteiger partial charge in [-0.05, 0) is 12.1 Å². The van der Waals surface area contributed by atoms with Crippen LogP contribution in [0.1, 0.15) is 5.56 Å². The van der Waals surface area contributed by atoms with Crippen molar-refractivity contribution in [3.8, 4) is 0 Å². The molecule has 1 aliphatic heterocycles. The Balaban J connectivity index is 2.19. The minimum Gasteiger partial charge on any atom is -0.344 e. The van der Waals surface area contributed by atoms with Gasteiger partial charge >= 0.3 is 6.18 Å². The Morgan fingerprint density at radius 1 is 1.14 bits per heavy atom. The second-order valence-electron chi connectivity index (χ2n) is 4.62. The summed E-state index contributed by atoms with van der Waals surface area (Å²) in [5.74, 6) is 0. The summed E-state index contributed by atoms with van der Waals surface area (Å²) in [4.78, 5) is 11.8. The van der Waals surface area contributed by atoms with Crippen molar-refractivity contribution in [3.63, 3.8) is 0 Å². The molecule has 2 heterocycles. The van der Waals surface area contributed by atoms with Crippen molar-refractivity contribution in [2.75, 3.05) is 0 Å². The largest absolute Gasteiger partial charge is 0.418 e. The van der Waals surface area contributed by atoms with E-state index in [1.54, 1.807) is 0 Å². The predicted octanol–water partition coefficient (Wildman–Crippen LogP) is 0.463. The van der Waals surface area contributed by atoms with Gasteiger partial charge in [0.05, 0.1) is 17.6 Å². The van der Waals surface area contributed by atoms with Crippen LogP contribution in [0.25, 0.3) is 10.9 Å². The number of nitrogens with one attached hydrogen (secondary N) is 4. The van der Waals surface area contributed by atoms with E-state index >= 15 is 0 Å². The molecule has 0 atom stereocenters. The number of hydrogen-bond acceptors (Lipinski definition) is 5. The third-order valence-electron chi connectivity index (χ3n) is 3.23. The Morgan fingerprint density at radius 2 is 1.86 bits per heavy atom. The Morgan fingerprint density at radius 3 is 2.52 bits per heavy atom. The van der Waals surface area contributed by atoms with Crippen LogP contribution in [-0.2, 0) is 12.7 Å². The SMILES string of the molecule is O=c1ccn(CC2NNNN2)c2c(C(F)(F)F)cccc12. The molecule has 1 aliphatic rings. The fourth-order valence-electron chi connectivity index (χ4n) is 2.33. The fourth-order valence-corrected chi connectivity index (χ4v) is 2.33. The topological polar surface area (TPSA) is 70.1 Å². The van der Waals surface area contributed by atoms with Gasteiger partial charge in [0.2, 0.25) is 0 Å². The highest BCUT2D eigenvalue weighted by molar-refractivity contribution is 5.82. The van der Waals surface area contributed by atoms with Crippen molar-refractivity contribution in [1.82, 2.24) is 26.5 Å². The third-order valence-corrected chi connectivity index (χ3v) is 3.23. The number of rotatable bonds is 2. The van der Waals surface area contributed by atoms with Gasteiger partial charge in [0.25, 0.3) is 0 Å². The zero-order valence-electron chi connectivity index (χ0n) is 10.7. The van der Waals surface area contributed by atoms with Gasteiger partial charge < -0.3 is 4.57 Å². The van der Waals surface area contributed by atoms with Crippen LogP contribution in [0.4, 0.5) is 13.2 Å². The average Bonchev–Trinajstić information content (AvgIpc) is 2.93. The van der Waals surface area contributed by atoms with E-state index < -0.39 is 17.2 Å². The number of alkyl halides is 3. The minimum atomic E-state index is -4.53. The van der Waals surface area contributed by atoms with Gasteiger partial charge in [0.15, 0.2) is 5.43 Å². The molecule has 1 fully saturated rings. The van der Waals surface area contributed by atoms with Crippen LogP contribution < -0.4 is 27.3 Å². The van der Waals surface area contributed by atoms with Crippen molar-refractivity contribution in [2.24, 2.45) is 0 Å². The molecule has 0 radical (unpaired) electrons. The van der Waals surface area contributed by atoms with Gasteiger partial charge in [-0.1, -0.05) is 6.07 Å². The summed E-state index contributed by atoms with van der Waals surface area (Å²) >= 11 is 0. The van der Waals surface area contributed by atoms with Crippen molar-refractivity contribution in [1.29, 1.82) is 0 Å². The molecule has 2 aromatic rings. The Kier molecular flexibility index (Phi) is 3.41. The van der Waals surface area contributed by atoms with E-state index in [9.17, 15) is 18.0 Å². The standard InChI is InChI=1S/C12H12F3N5O/c13-12(14,15)8-3-1-2-7-9(21)4-5-20(11(7)8)6-10-16-18-19-17-10/h1-5,10,16-19H,6H2. The number of hydrazine groups is 3. The van der Waals surface area contributed by atoms with Crippen molar-refractivity contribution >= 4 is 10.9 Å². The zero-order chi connectivity index (χ0) is 15.0. The first-order chi connectivity index (χ1) is 9.97. The zero-order valence-corrected chi connectivity index (χ0v) is 10.7. The predicted molar refractivity (Wildman–Crippen MR) is 69.5 cm³/mol. The van der Waals surface area contributed by atoms with Gasteiger partial charge in [-0.15, -0.1) is 0 Å². The number of aromatic nitrogens is 1. The van der Waals surface area contributed by atoms with Crippen LogP contribution in [0.15, 0.2) is 35.3 Å². The molecule has 21 heavy (non-hydrogen) atoms. The monoisotopic (exact) mass is 299 g/mol. The van der Waals surface area contributed by atoms with Gasteiger partial charge in [-0.2, -0.15) is 24.2 Å². The number of fused-ring (bicyclic) bond motifs is 1. The first-order valence-electron chi connectivity index (χ1n) is 6.17. The number of halogens is 3. The molecule has 1 saturated heterocycles. The number of pyridine rings is 1. The maximum Gasteiger partial charge on any atom is 0.418 e. The van der Waals surface area contributed by atoms with Gasteiger partial charge in [-0.3, -0.25) is 4.79 Å². The highest BCUT2D eigenvalue weighted by Gasteiger charge is 2.34. The molecule has 6 nitrogen and oxygen atoms in total. The molecule has 0 spiro atoms. The van der Waals surface area contributed by atoms with Crippen molar-refractivity contribution < 1.29 is 13.2 Å². The molecule has 4 N–H and O–H groups in total. The summed E-state index contributed by atoms with van der Waals surface area (Å²) in [5, 5.41) is 0.0474. The number of nitrogens with zero attached hydrogens (tertiary/aromatic N) is 1. The number of hydrogen-bond donors (Lipinski definition) is 4. The van der Waals surface area contributed by atoms with Crippen LogP contribution in [-0.4, -0.2) is 10.7 Å².